The number of aliphatic hydroxyl groups excluding tert-OH is 1. The smallest absolute Gasteiger partial charge is 0.191 e. The summed E-state index contributed by atoms with van der Waals surface area (Å²) in [5.41, 5.74) is 0. The molecule has 2 atom stereocenters. The molecule has 0 spiro atoms. The first-order valence-electron chi connectivity index (χ1n) is 7.68. The van der Waals surface area contributed by atoms with Crippen LogP contribution in [0.25, 0.3) is 0 Å². The Morgan fingerprint density at radius 1 is 1.29 bits per heavy atom. The highest BCUT2D eigenvalue weighted by molar-refractivity contribution is 14.0. The van der Waals surface area contributed by atoms with Gasteiger partial charge in [0.25, 0.3) is 0 Å². The normalized spacial score (nSPS) is 14.5. The minimum atomic E-state index is 0. The van der Waals surface area contributed by atoms with E-state index in [4.69, 9.17) is 9.84 Å². The van der Waals surface area contributed by atoms with Crippen molar-refractivity contribution >= 4 is 29.9 Å². The van der Waals surface area contributed by atoms with Crippen molar-refractivity contribution in [2.24, 2.45) is 16.8 Å². The fourth-order valence-corrected chi connectivity index (χ4v) is 2.20. The van der Waals surface area contributed by atoms with Crippen molar-refractivity contribution in [2.75, 3.05) is 33.4 Å². The lowest BCUT2D eigenvalue weighted by Gasteiger charge is -2.19. The van der Waals surface area contributed by atoms with Crippen LogP contribution in [0.1, 0.15) is 40.5 Å². The molecule has 0 aliphatic carbocycles. The molecule has 3 N–H and O–H groups in total. The number of hydrogen-bond donors (Lipinski definition) is 3. The van der Waals surface area contributed by atoms with Gasteiger partial charge < -0.3 is 20.5 Å². The number of guanidine groups is 1. The Balaban J connectivity index is 0. The molecule has 0 heterocycles. The molecule has 0 radical (unpaired) electrons. The van der Waals surface area contributed by atoms with Crippen molar-refractivity contribution in [3.05, 3.63) is 0 Å². The molecule has 0 bridgehead atoms. The summed E-state index contributed by atoms with van der Waals surface area (Å²) >= 11 is 0. The molecular weight excluding hydrogens is 381 g/mol. The van der Waals surface area contributed by atoms with Gasteiger partial charge in [0.2, 0.25) is 0 Å². The van der Waals surface area contributed by atoms with Crippen LogP contribution < -0.4 is 10.6 Å². The lowest BCUT2D eigenvalue weighted by atomic mass is 9.94. The number of ether oxygens (including phenoxy) is 1. The van der Waals surface area contributed by atoms with Crippen molar-refractivity contribution in [1.29, 1.82) is 0 Å². The zero-order valence-corrected chi connectivity index (χ0v) is 16.5. The molecule has 0 rings (SSSR count). The number of methoxy groups -OCH3 is 1. The van der Waals surface area contributed by atoms with Crippen LogP contribution in [0.15, 0.2) is 4.99 Å². The van der Waals surface area contributed by atoms with Gasteiger partial charge in [-0.3, -0.25) is 4.99 Å². The summed E-state index contributed by atoms with van der Waals surface area (Å²) in [6, 6.07) is 0.221. The topological polar surface area (TPSA) is 65.9 Å². The van der Waals surface area contributed by atoms with Crippen LogP contribution in [0.2, 0.25) is 0 Å². The lowest BCUT2D eigenvalue weighted by molar-refractivity contribution is 0.179. The van der Waals surface area contributed by atoms with E-state index < -0.39 is 0 Å². The number of halogens is 1. The fourth-order valence-electron chi connectivity index (χ4n) is 2.20. The van der Waals surface area contributed by atoms with Gasteiger partial charge in [-0.25, -0.2) is 0 Å². The minimum absolute atomic E-state index is 0. The average Bonchev–Trinajstić information content (AvgIpc) is 2.36. The van der Waals surface area contributed by atoms with E-state index in [1.54, 1.807) is 7.11 Å². The molecular formula is C15H34IN3O2. The van der Waals surface area contributed by atoms with Crippen molar-refractivity contribution in [1.82, 2.24) is 10.6 Å². The highest BCUT2D eigenvalue weighted by Gasteiger charge is 2.11. The summed E-state index contributed by atoms with van der Waals surface area (Å²) in [5.74, 6) is 1.89. The molecule has 0 saturated heterocycles. The van der Waals surface area contributed by atoms with Crippen LogP contribution >= 0.6 is 24.0 Å². The quantitative estimate of drug-likeness (QED) is 0.291. The number of nitrogens with one attached hydrogen (secondary N) is 2. The predicted octanol–water partition coefficient (Wildman–Crippen LogP) is 2.24. The summed E-state index contributed by atoms with van der Waals surface area (Å²) < 4.78 is 5.12. The van der Waals surface area contributed by atoms with E-state index in [1.807, 2.05) is 0 Å². The average molecular weight is 415 g/mol. The SMILES string of the molecule is CCNC(=NCC(CCO)CC(C)C)NC(C)COC.I. The Kier molecular flexibility index (Phi) is 16.4. The third-order valence-electron chi connectivity index (χ3n) is 2.99. The molecule has 0 aromatic carbocycles. The predicted molar refractivity (Wildman–Crippen MR) is 101 cm³/mol. The number of hydrogen-bond acceptors (Lipinski definition) is 3. The summed E-state index contributed by atoms with van der Waals surface area (Å²) in [7, 11) is 1.70. The van der Waals surface area contributed by atoms with Gasteiger partial charge in [0.05, 0.1) is 6.61 Å². The van der Waals surface area contributed by atoms with Crippen molar-refractivity contribution in [3.63, 3.8) is 0 Å². The third-order valence-corrected chi connectivity index (χ3v) is 2.99. The van der Waals surface area contributed by atoms with Gasteiger partial charge >= 0.3 is 0 Å². The molecule has 0 amide bonds. The molecule has 0 aromatic rings. The molecule has 128 valence electrons. The number of aliphatic imine (C=N–C) groups is 1. The minimum Gasteiger partial charge on any atom is -0.396 e. The van der Waals surface area contributed by atoms with Gasteiger partial charge in [0, 0.05) is 32.8 Å². The Labute approximate surface area is 147 Å². The van der Waals surface area contributed by atoms with E-state index >= 15 is 0 Å². The van der Waals surface area contributed by atoms with Gasteiger partial charge in [-0.05, 0) is 38.5 Å². The molecule has 0 saturated carbocycles. The molecule has 5 nitrogen and oxygen atoms in total. The van der Waals surface area contributed by atoms with Gasteiger partial charge in [-0.1, -0.05) is 13.8 Å². The highest BCUT2D eigenvalue weighted by Crippen LogP contribution is 2.15. The monoisotopic (exact) mass is 415 g/mol. The maximum absolute atomic E-state index is 9.14. The molecule has 2 unspecified atom stereocenters. The summed E-state index contributed by atoms with van der Waals surface area (Å²) in [6.45, 7) is 11.0. The number of nitrogens with zero attached hydrogens (tertiary/aromatic N) is 1. The zero-order valence-electron chi connectivity index (χ0n) is 14.2. The van der Waals surface area contributed by atoms with Crippen LogP contribution in [0, 0.1) is 11.8 Å². The lowest BCUT2D eigenvalue weighted by Crippen LogP contribution is -2.44. The second-order valence-corrected chi connectivity index (χ2v) is 5.73. The Hall–Kier alpha value is -0.0800. The standard InChI is InChI=1S/C15H33N3O2.HI/c1-6-16-15(18-13(4)11-20-5)17-10-14(7-8-19)9-12(2)3;/h12-14,19H,6-11H2,1-5H3,(H2,16,17,18);1H. The Bertz CT molecular complexity index is 263. The van der Waals surface area contributed by atoms with E-state index in [0.717, 1.165) is 31.9 Å². The first-order valence-corrected chi connectivity index (χ1v) is 7.68. The fraction of sp³-hybridized carbons (Fsp3) is 0.933. The molecule has 0 aliphatic heterocycles. The Morgan fingerprint density at radius 2 is 1.95 bits per heavy atom. The number of rotatable bonds is 10. The van der Waals surface area contributed by atoms with Crippen LogP contribution in [-0.2, 0) is 4.74 Å². The molecule has 0 aromatic heterocycles. The molecule has 21 heavy (non-hydrogen) atoms. The summed E-state index contributed by atoms with van der Waals surface area (Å²) in [5, 5.41) is 15.7. The van der Waals surface area contributed by atoms with Crippen molar-refractivity contribution in [3.8, 4) is 0 Å². The Morgan fingerprint density at radius 3 is 2.43 bits per heavy atom. The van der Waals surface area contributed by atoms with Crippen LogP contribution in [-0.4, -0.2) is 50.5 Å². The first-order chi connectivity index (χ1) is 9.53. The maximum Gasteiger partial charge on any atom is 0.191 e. The van der Waals surface area contributed by atoms with E-state index in [9.17, 15) is 0 Å². The van der Waals surface area contributed by atoms with Crippen molar-refractivity contribution < 1.29 is 9.84 Å². The highest BCUT2D eigenvalue weighted by atomic mass is 127. The van der Waals surface area contributed by atoms with Crippen LogP contribution in [0.5, 0.6) is 0 Å². The second-order valence-electron chi connectivity index (χ2n) is 5.73. The summed E-state index contributed by atoms with van der Waals surface area (Å²) in [6.07, 6.45) is 1.91. The largest absolute Gasteiger partial charge is 0.396 e. The van der Waals surface area contributed by atoms with E-state index in [1.165, 1.54) is 0 Å². The van der Waals surface area contributed by atoms with Crippen LogP contribution in [0.3, 0.4) is 0 Å². The zero-order chi connectivity index (χ0) is 15.4. The molecule has 0 aliphatic rings. The second kappa shape index (κ2) is 14.8. The van der Waals surface area contributed by atoms with Crippen LogP contribution in [0.4, 0.5) is 0 Å². The van der Waals surface area contributed by atoms with Crippen molar-refractivity contribution in [2.45, 2.75) is 46.6 Å². The van der Waals surface area contributed by atoms with E-state index in [-0.39, 0.29) is 36.6 Å². The summed E-state index contributed by atoms with van der Waals surface area (Å²) in [4.78, 5) is 4.64. The molecule has 0 fully saturated rings. The first kappa shape index (κ1) is 23.2. The third kappa shape index (κ3) is 13.3. The van der Waals surface area contributed by atoms with E-state index in [2.05, 4.69) is 43.3 Å². The van der Waals surface area contributed by atoms with E-state index in [0.29, 0.717) is 18.4 Å². The number of aliphatic hydroxyl groups is 1. The van der Waals surface area contributed by atoms with Gasteiger partial charge in [0.15, 0.2) is 5.96 Å². The van der Waals surface area contributed by atoms with Gasteiger partial charge in [0.1, 0.15) is 0 Å². The van der Waals surface area contributed by atoms with Gasteiger partial charge in [-0.2, -0.15) is 0 Å². The maximum atomic E-state index is 9.14. The van der Waals surface area contributed by atoms with Gasteiger partial charge in [-0.15, -0.1) is 24.0 Å². The molecule has 6 heteroatoms.